The topological polar surface area (TPSA) is 71.8 Å². The van der Waals surface area contributed by atoms with Crippen molar-refractivity contribution in [2.24, 2.45) is 0 Å². The number of benzene rings is 1. The minimum absolute atomic E-state index is 0.198. The smallest absolute Gasteiger partial charge is 0.278 e. The highest BCUT2D eigenvalue weighted by Crippen LogP contribution is 2.22. The molecule has 122 valence electrons. The lowest BCUT2D eigenvalue weighted by Gasteiger charge is -2.23. The van der Waals surface area contributed by atoms with Gasteiger partial charge >= 0.3 is 0 Å². The molecule has 6 heteroatoms. The van der Waals surface area contributed by atoms with Crippen LogP contribution >= 0.6 is 0 Å². The summed E-state index contributed by atoms with van der Waals surface area (Å²) >= 11 is 0. The molecule has 1 aliphatic rings. The maximum Gasteiger partial charge on any atom is 0.278 e. The Labute approximate surface area is 136 Å². The van der Waals surface area contributed by atoms with Gasteiger partial charge in [-0.2, -0.15) is 0 Å². The second-order valence-electron chi connectivity index (χ2n) is 6.15. The van der Waals surface area contributed by atoms with E-state index in [9.17, 15) is 4.79 Å². The fraction of sp³-hybridized carbons (Fsp3) is 0.471. The molecular formula is C17H23N5O. The summed E-state index contributed by atoms with van der Waals surface area (Å²) in [6.45, 7) is 7.91. The summed E-state index contributed by atoms with van der Waals surface area (Å²) in [5.74, 6) is -0.198. The summed E-state index contributed by atoms with van der Waals surface area (Å²) in [7, 11) is 0. The molecule has 2 N–H and O–H groups in total. The minimum atomic E-state index is -0.198. The largest absolute Gasteiger partial charge is 0.320 e. The number of nitrogens with zero attached hydrogens (tertiary/aromatic N) is 3. The molecule has 3 rings (SSSR count). The molecule has 0 radical (unpaired) electrons. The number of aryl methyl sites for hydroxylation is 1. The lowest BCUT2D eigenvalue weighted by atomic mass is 10.1. The monoisotopic (exact) mass is 313 g/mol. The van der Waals surface area contributed by atoms with Gasteiger partial charge in [-0.3, -0.25) is 4.79 Å². The van der Waals surface area contributed by atoms with Crippen LogP contribution in [0.4, 0.5) is 5.69 Å². The zero-order valence-corrected chi connectivity index (χ0v) is 13.9. The highest BCUT2D eigenvalue weighted by molar-refractivity contribution is 6.04. The Kier molecular flexibility index (Phi) is 4.43. The molecule has 23 heavy (non-hydrogen) atoms. The third-order valence-electron chi connectivity index (χ3n) is 4.65. The van der Waals surface area contributed by atoms with Crippen LogP contribution < -0.4 is 10.6 Å². The molecule has 1 saturated heterocycles. The van der Waals surface area contributed by atoms with Crippen LogP contribution in [0, 0.1) is 20.8 Å². The molecule has 0 atom stereocenters. The highest BCUT2D eigenvalue weighted by atomic mass is 16.2. The van der Waals surface area contributed by atoms with E-state index in [1.807, 2.05) is 43.7 Å². The van der Waals surface area contributed by atoms with Gasteiger partial charge in [0.05, 0.1) is 11.7 Å². The first kappa shape index (κ1) is 15.7. The molecule has 1 aromatic carbocycles. The number of hydrogen-bond acceptors (Lipinski definition) is 4. The number of piperidine rings is 1. The molecule has 2 heterocycles. The Morgan fingerprint density at radius 2 is 2.00 bits per heavy atom. The number of hydrogen-bond donors (Lipinski definition) is 2. The van der Waals surface area contributed by atoms with E-state index in [2.05, 4.69) is 20.9 Å². The van der Waals surface area contributed by atoms with E-state index in [-0.39, 0.29) is 5.91 Å². The van der Waals surface area contributed by atoms with E-state index < -0.39 is 0 Å². The predicted molar refractivity (Wildman–Crippen MR) is 89.8 cm³/mol. The van der Waals surface area contributed by atoms with Gasteiger partial charge in [0.25, 0.3) is 5.91 Å². The molecular weight excluding hydrogens is 290 g/mol. The van der Waals surface area contributed by atoms with Crippen molar-refractivity contribution in [1.82, 2.24) is 20.3 Å². The van der Waals surface area contributed by atoms with Gasteiger partial charge in [0.1, 0.15) is 0 Å². The molecule has 1 amide bonds. The highest BCUT2D eigenvalue weighted by Gasteiger charge is 2.23. The molecule has 1 aliphatic heterocycles. The third kappa shape index (κ3) is 3.12. The minimum Gasteiger partial charge on any atom is -0.320 e. The second kappa shape index (κ2) is 6.50. The maximum atomic E-state index is 12.6. The summed E-state index contributed by atoms with van der Waals surface area (Å²) in [5, 5.41) is 14.6. The van der Waals surface area contributed by atoms with Crippen molar-refractivity contribution in [1.29, 1.82) is 0 Å². The normalized spacial score (nSPS) is 15.6. The van der Waals surface area contributed by atoms with Gasteiger partial charge in [-0.15, -0.1) is 5.10 Å². The van der Waals surface area contributed by atoms with Gasteiger partial charge in [0, 0.05) is 5.69 Å². The number of amides is 1. The maximum absolute atomic E-state index is 12.6. The SMILES string of the molecule is Cc1cccc(NC(=O)c2nnn(C3CCNCC3)c2C)c1C. The van der Waals surface area contributed by atoms with E-state index in [4.69, 9.17) is 0 Å². The molecule has 0 spiro atoms. The average molecular weight is 313 g/mol. The van der Waals surface area contributed by atoms with Crippen molar-refractivity contribution in [2.75, 3.05) is 18.4 Å². The van der Waals surface area contributed by atoms with E-state index in [0.29, 0.717) is 11.7 Å². The molecule has 6 nitrogen and oxygen atoms in total. The Morgan fingerprint density at radius 1 is 1.26 bits per heavy atom. The van der Waals surface area contributed by atoms with E-state index in [1.165, 1.54) is 0 Å². The summed E-state index contributed by atoms with van der Waals surface area (Å²) in [6.07, 6.45) is 2.03. The number of anilines is 1. The zero-order chi connectivity index (χ0) is 16.4. The fourth-order valence-corrected chi connectivity index (χ4v) is 3.02. The van der Waals surface area contributed by atoms with Gasteiger partial charge in [-0.1, -0.05) is 17.3 Å². The molecule has 0 unspecified atom stereocenters. The molecule has 1 aromatic heterocycles. The van der Waals surface area contributed by atoms with Crippen molar-refractivity contribution in [3.8, 4) is 0 Å². The third-order valence-corrected chi connectivity index (χ3v) is 4.65. The van der Waals surface area contributed by atoms with Crippen LogP contribution in [0.15, 0.2) is 18.2 Å². The van der Waals surface area contributed by atoms with Crippen molar-refractivity contribution < 1.29 is 4.79 Å². The quantitative estimate of drug-likeness (QED) is 0.912. The number of rotatable bonds is 3. The molecule has 2 aromatic rings. The Morgan fingerprint density at radius 3 is 2.74 bits per heavy atom. The van der Waals surface area contributed by atoms with Crippen molar-refractivity contribution in [3.63, 3.8) is 0 Å². The van der Waals surface area contributed by atoms with Gasteiger partial charge in [-0.25, -0.2) is 4.68 Å². The summed E-state index contributed by atoms with van der Waals surface area (Å²) in [6, 6.07) is 6.21. The Hall–Kier alpha value is -2.21. The van der Waals surface area contributed by atoms with E-state index >= 15 is 0 Å². The van der Waals surface area contributed by atoms with E-state index in [0.717, 1.165) is 48.4 Å². The van der Waals surface area contributed by atoms with E-state index in [1.54, 1.807) is 0 Å². The van der Waals surface area contributed by atoms with Crippen LogP contribution in [0.3, 0.4) is 0 Å². The Bertz CT molecular complexity index is 716. The standard InChI is InChI=1S/C17H23N5O/c1-11-5-4-6-15(12(11)2)19-17(23)16-13(3)22(21-20-16)14-7-9-18-10-8-14/h4-6,14,18H,7-10H2,1-3H3,(H,19,23). The van der Waals surface area contributed by atoms with Crippen LogP contribution in [-0.2, 0) is 0 Å². The molecule has 0 bridgehead atoms. The first-order chi connectivity index (χ1) is 11.1. The van der Waals surface area contributed by atoms with Gasteiger partial charge in [-0.05, 0) is 63.9 Å². The van der Waals surface area contributed by atoms with Crippen LogP contribution in [0.5, 0.6) is 0 Å². The lowest BCUT2D eigenvalue weighted by Crippen LogP contribution is -2.30. The van der Waals surface area contributed by atoms with Gasteiger partial charge in [0.15, 0.2) is 5.69 Å². The number of nitrogens with one attached hydrogen (secondary N) is 2. The van der Waals surface area contributed by atoms with Crippen LogP contribution in [0.2, 0.25) is 0 Å². The first-order valence-electron chi connectivity index (χ1n) is 8.08. The second-order valence-corrected chi connectivity index (χ2v) is 6.15. The molecule has 0 aliphatic carbocycles. The van der Waals surface area contributed by atoms with Crippen molar-refractivity contribution >= 4 is 11.6 Å². The fourth-order valence-electron chi connectivity index (χ4n) is 3.02. The van der Waals surface area contributed by atoms with Gasteiger partial charge in [0.2, 0.25) is 0 Å². The summed E-state index contributed by atoms with van der Waals surface area (Å²) < 4.78 is 1.90. The predicted octanol–water partition coefficient (Wildman–Crippen LogP) is 2.38. The zero-order valence-electron chi connectivity index (χ0n) is 13.9. The number of aromatic nitrogens is 3. The average Bonchev–Trinajstić information content (AvgIpc) is 2.94. The van der Waals surface area contributed by atoms with Crippen LogP contribution in [0.25, 0.3) is 0 Å². The lowest BCUT2D eigenvalue weighted by molar-refractivity contribution is 0.102. The Balaban J connectivity index is 1.80. The number of carbonyl (C=O) groups is 1. The van der Waals surface area contributed by atoms with Gasteiger partial charge < -0.3 is 10.6 Å². The van der Waals surface area contributed by atoms with Crippen molar-refractivity contribution in [3.05, 3.63) is 40.7 Å². The van der Waals surface area contributed by atoms with Crippen molar-refractivity contribution in [2.45, 2.75) is 39.7 Å². The van der Waals surface area contributed by atoms with Crippen LogP contribution in [0.1, 0.15) is 46.2 Å². The summed E-state index contributed by atoms with van der Waals surface area (Å²) in [5.41, 5.74) is 4.29. The first-order valence-corrected chi connectivity index (χ1v) is 8.08. The van der Waals surface area contributed by atoms with Crippen LogP contribution in [-0.4, -0.2) is 34.0 Å². The molecule has 1 fully saturated rings. The molecule has 0 saturated carbocycles. The summed E-state index contributed by atoms with van der Waals surface area (Å²) in [4.78, 5) is 12.6. The number of carbonyl (C=O) groups excluding carboxylic acids is 1.